The van der Waals surface area contributed by atoms with Gasteiger partial charge in [-0.2, -0.15) is 0 Å². The average Bonchev–Trinajstić information content (AvgIpc) is 2.83. The molecule has 0 spiro atoms. The fraction of sp³-hybridized carbons (Fsp3) is 0.400. The van der Waals surface area contributed by atoms with Gasteiger partial charge in [-0.1, -0.05) is 18.2 Å². The van der Waals surface area contributed by atoms with Crippen molar-refractivity contribution in [2.45, 2.75) is 17.9 Å². The first-order chi connectivity index (χ1) is 10.5. The molecule has 1 aromatic heterocycles. The van der Waals surface area contributed by atoms with Crippen molar-refractivity contribution < 1.29 is 13.2 Å². The Labute approximate surface area is 130 Å². The molecule has 0 amide bonds. The topological polar surface area (TPSA) is 73.2 Å². The zero-order valence-electron chi connectivity index (χ0n) is 12.4. The fourth-order valence-electron chi connectivity index (χ4n) is 2.57. The van der Waals surface area contributed by atoms with E-state index in [0.717, 1.165) is 24.2 Å². The Hall–Kier alpha value is -1.86. The summed E-state index contributed by atoms with van der Waals surface area (Å²) in [6, 6.07) is 7.91. The number of hydrogen-bond donors (Lipinski definition) is 1. The summed E-state index contributed by atoms with van der Waals surface area (Å²) in [6.45, 7) is 0.990. The highest BCUT2D eigenvalue weighted by Crippen LogP contribution is 2.26. The third-order valence-electron chi connectivity index (χ3n) is 3.78. The van der Waals surface area contributed by atoms with E-state index in [9.17, 15) is 8.42 Å². The third kappa shape index (κ3) is 3.31. The molecule has 2 heterocycles. The molecule has 1 atom stereocenters. The van der Waals surface area contributed by atoms with Crippen LogP contribution in [0.2, 0.25) is 0 Å². The molecule has 0 fully saturated rings. The van der Waals surface area contributed by atoms with E-state index in [1.807, 2.05) is 24.3 Å². The lowest BCUT2D eigenvalue weighted by molar-refractivity contribution is 0.294. The molecule has 0 aliphatic carbocycles. The van der Waals surface area contributed by atoms with Crippen molar-refractivity contribution in [3.8, 4) is 5.75 Å². The molecule has 1 N–H and O–H groups in total. The molecule has 118 valence electrons. The Bertz CT molecular complexity index is 755. The SMILES string of the molecule is Cn1cnc(S(=O)(=O)NCC2CCOc3ccccc3C2)c1. The molecule has 0 saturated carbocycles. The van der Waals surface area contributed by atoms with Gasteiger partial charge >= 0.3 is 0 Å². The lowest BCUT2D eigenvalue weighted by Gasteiger charge is -2.14. The van der Waals surface area contributed by atoms with Gasteiger partial charge < -0.3 is 9.30 Å². The van der Waals surface area contributed by atoms with Crippen LogP contribution in [0.1, 0.15) is 12.0 Å². The Balaban J connectivity index is 1.67. The number of fused-ring (bicyclic) bond motifs is 1. The van der Waals surface area contributed by atoms with Crippen LogP contribution in [0.3, 0.4) is 0 Å². The second kappa shape index (κ2) is 6.10. The number of ether oxygens (including phenoxy) is 1. The summed E-state index contributed by atoms with van der Waals surface area (Å²) < 4.78 is 34.4. The van der Waals surface area contributed by atoms with Gasteiger partial charge in [0.05, 0.1) is 12.9 Å². The zero-order chi connectivity index (χ0) is 15.6. The van der Waals surface area contributed by atoms with E-state index in [0.29, 0.717) is 13.2 Å². The molecule has 0 saturated heterocycles. The standard InChI is InChI=1S/C15H19N3O3S/c1-18-10-15(16-11-18)22(19,20)17-9-12-6-7-21-14-5-3-2-4-13(14)8-12/h2-5,10-12,17H,6-9H2,1H3. The predicted octanol–water partition coefficient (Wildman–Crippen LogP) is 1.34. The summed E-state index contributed by atoms with van der Waals surface area (Å²) in [7, 11) is -1.81. The number of aromatic nitrogens is 2. The first-order valence-corrected chi connectivity index (χ1v) is 8.71. The highest BCUT2D eigenvalue weighted by atomic mass is 32.2. The van der Waals surface area contributed by atoms with Crippen molar-refractivity contribution in [1.82, 2.24) is 14.3 Å². The Morgan fingerprint density at radius 3 is 3.00 bits per heavy atom. The minimum atomic E-state index is -3.55. The highest BCUT2D eigenvalue weighted by molar-refractivity contribution is 7.89. The van der Waals surface area contributed by atoms with E-state index in [4.69, 9.17) is 4.74 Å². The van der Waals surface area contributed by atoms with E-state index < -0.39 is 10.0 Å². The van der Waals surface area contributed by atoms with Crippen molar-refractivity contribution in [3.05, 3.63) is 42.4 Å². The maximum Gasteiger partial charge on any atom is 0.259 e. The van der Waals surface area contributed by atoms with E-state index in [-0.39, 0.29) is 10.9 Å². The Kier molecular flexibility index (Phi) is 4.17. The summed E-state index contributed by atoms with van der Waals surface area (Å²) in [5, 5.41) is 0.0558. The van der Waals surface area contributed by atoms with Gasteiger partial charge in [0.25, 0.3) is 10.0 Å². The number of rotatable bonds is 4. The van der Waals surface area contributed by atoms with Crippen LogP contribution in [0, 0.1) is 5.92 Å². The van der Waals surface area contributed by atoms with Gasteiger partial charge in [0, 0.05) is 19.8 Å². The first kappa shape index (κ1) is 15.1. The first-order valence-electron chi connectivity index (χ1n) is 7.23. The zero-order valence-corrected chi connectivity index (χ0v) is 13.2. The molecule has 1 aliphatic rings. The maximum absolute atomic E-state index is 12.2. The van der Waals surface area contributed by atoms with E-state index in [1.165, 1.54) is 12.5 Å². The number of benzene rings is 1. The molecule has 1 aliphatic heterocycles. The number of para-hydroxylation sites is 1. The lowest BCUT2D eigenvalue weighted by Crippen LogP contribution is -2.30. The molecule has 6 nitrogen and oxygen atoms in total. The van der Waals surface area contributed by atoms with Crippen LogP contribution in [0.4, 0.5) is 0 Å². The van der Waals surface area contributed by atoms with Crippen LogP contribution in [-0.2, 0) is 23.5 Å². The molecule has 0 radical (unpaired) electrons. The molecule has 22 heavy (non-hydrogen) atoms. The number of nitrogens with one attached hydrogen (secondary N) is 1. The Morgan fingerprint density at radius 1 is 1.41 bits per heavy atom. The predicted molar refractivity (Wildman–Crippen MR) is 82.1 cm³/mol. The van der Waals surface area contributed by atoms with Crippen molar-refractivity contribution in [1.29, 1.82) is 0 Å². The summed E-state index contributed by atoms with van der Waals surface area (Å²) in [6.07, 6.45) is 4.60. The third-order valence-corrected chi connectivity index (χ3v) is 5.09. The number of nitrogens with zero attached hydrogens (tertiary/aromatic N) is 2. The van der Waals surface area contributed by atoms with Crippen molar-refractivity contribution >= 4 is 10.0 Å². The van der Waals surface area contributed by atoms with Crippen LogP contribution in [0.25, 0.3) is 0 Å². The van der Waals surface area contributed by atoms with Gasteiger partial charge in [-0.05, 0) is 30.4 Å². The maximum atomic E-state index is 12.2. The van der Waals surface area contributed by atoms with Gasteiger partial charge in [-0.3, -0.25) is 0 Å². The van der Waals surface area contributed by atoms with Crippen LogP contribution in [0.5, 0.6) is 5.75 Å². The number of imidazole rings is 1. The average molecular weight is 321 g/mol. The lowest BCUT2D eigenvalue weighted by atomic mass is 9.97. The largest absolute Gasteiger partial charge is 0.493 e. The molecule has 1 unspecified atom stereocenters. The van der Waals surface area contributed by atoms with Gasteiger partial charge in [0.1, 0.15) is 5.75 Å². The van der Waals surface area contributed by atoms with Crippen LogP contribution in [-0.4, -0.2) is 31.1 Å². The van der Waals surface area contributed by atoms with Crippen LogP contribution < -0.4 is 9.46 Å². The second-order valence-corrected chi connectivity index (χ2v) is 7.26. The summed E-state index contributed by atoms with van der Waals surface area (Å²) in [5.41, 5.74) is 1.13. The van der Waals surface area contributed by atoms with E-state index >= 15 is 0 Å². The smallest absolute Gasteiger partial charge is 0.259 e. The summed E-state index contributed by atoms with van der Waals surface area (Å²) in [5.74, 6) is 1.11. The van der Waals surface area contributed by atoms with E-state index in [1.54, 1.807) is 11.6 Å². The van der Waals surface area contributed by atoms with Crippen molar-refractivity contribution in [3.63, 3.8) is 0 Å². The fourth-order valence-corrected chi connectivity index (χ4v) is 3.66. The van der Waals surface area contributed by atoms with Crippen LogP contribution >= 0.6 is 0 Å². The number of hydrogen-bond acceptors (Lipinski definition) is 4. The summed E-state index contributed by atoms with van der Waals surface area (Å²) >= 11 is 0. The summed E-state index contributed by atoms with van der Waals surface area (Å²) in [4.78, 5) is 3.89. The molecular formula is C15H19N3O3S. The molecule has 2 aromatic rings. The monoisotopic (exact) mass is 321 g/mol. The van der Waals surface area contributed by atoms with Gasteiger partial charge in [0.2, 0.25) is 0 Å². The van der Waals surface area contributed by atoms with Crippen molar-refractivity contribution in [2.75, 3.05) is 13.2 Å². The molecule has 1 aromatic carbocycles. The Morgan fingerprint density at radius 2 is 2.23 bits per heavy atom. The quantitative estimate of drug-likeness (QED) is 0.922. The highest BCUT2D eigenvalue weighted by Gasteiger charge is 2.22. The minimum absolute atomic E-state index is 0.0558. The van der Waals surface area contributed by atoms with Gasteiger partial charge in [0.15, 0.2) is 5.03 Å². The minimum Gasteiger partial charge on any atom is -0.493 e. The molecule has 0 bridgehead atoms. The van der Waals surface area contributed by atoms with Gasteiger partial charge in [-0.25, -0.2) is 18.1 Å². The number of sulfonamides is 1. The van der Waals surface area contributed by atoms with E-state index in [2.05, 4.69) is 9.71 Å². The van der Waals surface area contributed by atoms with Crippen LogP contribution in [0.15, 0.2) is 41.8 Å². The second-order valence-electron chi connectivity index (χ2n) is 5.54. The normalized spacial score (nSPS) is 18.3. The molecular weight excluding hydrogens is 302 g/mol. The number of aryl methyl sites for hydroxylation is 1. The van der Waals surface area contributed by atoms with Gasteiger partial charge in [-0.15, -0.1) is 0 Å². The van der Waals surface area contributed by atoms with Crippen molar-refractivity contribution in [2.24, 2.45) is 13.0 Å². The molecule has 7 heteroatoms. The molecule has 3 rings (SSSR count).